The summed E-state index contributed by atoms with van der Waals surface area (Å²) >= 11 is 0. The fourth-order valence-corrected chi connectivity index (χ4v) is 9.17. The van der Waals surface area contributed by atoms with Gasteiger partial charge >= 0.3 is 19.8 Å². The van der Waals surface area contributed by atoms with Crippen LogP contribution in [0.15, 0.2) is 36.5 Å². The number of aliphatic hydroxyl groups excluding tert-OH is 1. The van der Waals surface area contributed by atoms with Gasteiger partial charge in [-0.2, -0.15) is 0 Å². The zero-order chi connectivity index (χ0) is 51.3. The van der Waals surface area contributed by atoms with E-state index in [1.54, 1.807) is 0 Å². The van der Waals surface area contributed by atoms with Gasteiger partial charge in [-0.25, -0.2) is 9.36 Å². The number of phosphoric ester groups is 1. The van der Waals surface area contributed by atoms with Crippen molar-refractivity contribution in [3.05, 3.63) is 36.5 Å². The third kappa shape index (κ3) is 52.0. The van der Waals surface area contributed by atoms with Crippen molar-refractivity contribution in [2.45, 2.75) is 296 Å². The van der Waals surface area contributed by atoms with E-state index in [4.69, 9.17) is 13.8 Å². The molecule has 0 rings (SSSR count). The van der Waals surface area contributed by atoms with E-state index in [1.807, 2.05) is 0 Å². The van der Waals surface area contributed by atoms with Crippen molar-refractivity contribution in [1.29, 1.82) is 0 Å². The van der Waals surface area contributed by atoms with Crippen LogP contribution in [0.1, 0.15) is 284 Å². The molecule has 0 aromatic rings. The van der Waals surface area contributed by atoms with Crippen LogP contribution in [-0.2, 0) is 32.7 Å². The minimum atomic E-state index is -4.76. The van der Waals surface area contributed by atoms with Gasteiger partial charge in [0.15, 0.2) is 6.04 Å². The predicted molar refractivity (Wildman–Crippen MR) is 291 cm³/mol. The number of phosphoric acid groups is 1. The van der Waals surface area contributed by atoms with Crippen molar-refractivity contribution in [2.24, 2.45) is 0 Å². The standard InChI is InChI=1S/C58H108NO10P/c1-3-5-7-9-11-13-15-17-19-21-23-25-27-29-31-33-35-37-39-41-43-45-47-49-56(61)59-55(58(63)64)53-69-70(65,66)68-52-54(60)51-67-57(62)50-48-46-44-42-40-38-36-34-32-30-28-26-24-22-20-18-16-14-12-10-8-6-4-2/h11,13,17-20,54-55,60H,3-10,12,14-16,21-53H2,1-2H3,(H,59,61)(H,63,64)(H,65,66)/b13-11-,19-17-,20-18+. The van der Waals surface area contributed by atoms with Crippen molar-refractivity contribution >= 4 is 25.7 Å². The van der Waals surface area contributed by atoms with E-state index in [-0.39, 0.29) is 12.8 Å². The topological polar surface area (TPSA) is 169 Å². The summed E-state index contributed by atoms with van der Waals surface area (Å²) in [6, 6.07) is -1.55. The van der Waals surface area contributed by atoms with E-state index in [2.05, 4.69) is 55.6 Å². The summed E-state index contributed by atoms with van der Waals surface area (Å²) in [5.41, 5.74) is 0. The molecule has 3 unspecified atom stereocenters. The highest BCUT2D eigenvalue weighted by atomic mass is 31.2. The van der Waals surface area contributed by atoms with Crippen LogP contribution in [0.25, 0.3) is 0 Å². The van der Waals surface area contributed by atoms with Gasteiger partial charge < -0.3 is 25.2 Å². The molecule has 3 atom stereocenters. The van der Waals surface area contributed by atoms with Crippen LogP contribution in [0.3, 0.4) is 0 Å². The summed E-state index contributed by atoms with van der Waals surface area (Å²) in [5.74, 6) is -2.36. The fourth-order valence-electron chi connectivity index (χ4n) is 8.40. The maximum atomic E-state index is 12.4. The Morgan fingerprint density at radius 3 is 1.20 bits per heavy atom. The number of carboxylic acids is 1. The van der Waals surface area contributed by atoms with Crippen molar-refractivity contribution < 1.29 is 47.8 Å². The minimum Gasteiger partial charge on any atom is -0.480 e. The highest BCUT2D eigenvalue weighted by Crippen LogP contribution is 2.43. The first-order valence-corrected chi connectivity index (χ1v) is 30.5. The summed E-state index contributed by atoms with van der Waals surface area (Å²) in [6.07, 6.45) is 61.7. The Morgan fingerprint density at radius 1 is 0.457 bits per heavy atom. The van der Waals surface area contributed by atoms with E-state index in [0.29, 0.717) is 12.8 Å². The number of carbonyl (C=O) groups is 3. The van der Waals surface area contributed by atoms with Crippen molar-refractivity contribution in [2.75, 3.05) is 19.8 Å². The average molecular weight is 1010 g/mol. The van der Waals surface area contributed by atoms with E-state index >= 15 is 0 Å². The number of hydrogen-bond acceptors (Lipinski definition) is 8. The Balaban J connectivity index is 3.75. The van der Waals surface area contributed by atoms with Gasteiger partial charge in [0.05, 0.1) is 13.2 Å². The summed E-state index contributed by atoms with van der Waals surface area (Å²) in [5, 5.41) is 22.0. The zero-order valence-corrected chi connectivity index (χ0v) is 46.0. The van der Waals surface area contributed by atoms with Crippen molar-refractivity contribution in [3.63, 3.8) is 0 Å². The number of hydrogen-bond donors (Lipinski definition) is 4. The lowest BCUT2D eigenvalue weighted by Gasteiger charge is -2.18. The molecule has 11 nitrogen and oxygen atoms in total. The number of carboxylic acid groups (broad SMARTS) is 1. The number of unbranched alkanes of at least 4 members (excludes halogenated alkanes) is 35. The SMILES string of the molecule is CCCCC/C=C\C/C=C\CCCCCCCCCCCCCCCC(=O)NC(COP(=O)(O)OCC(O)COC(=O)CCCCCCCCCCCCCCC/C=C/CCCCCCCC)C(=O)O. The van der Waals surface area contributed by atoms with Crippen molar-refractivity contribution in [1.82, 2.24) is 5.32 Å². The Morgan fingerprint density at radius 2 is 0.786 bits per heavy atom. The summed E-state index contributed by atoms with van der Waals surface area (Å²) in [7, 11) is -4.76. The maximum absolute atomic E-state index is 12.4. The summed E-state index contributed by atoms with van der Waals surface area (Å²) < 4.78 is 27.0. The average Bonchev–Trinajstić information content (AvgIpc) is 3.34. The molecule has 0 aliphatic rings. The Labute approximate surface area is 429 Å². The number of allylic oxidation sites excluding steroid dienone is 6. The van der Waals surface area contributed by atoms with Gasteiger partial charge in [0.2, 0.25) is 5.91 Å². The molecule has 0 spiro atoms. The van der Waals surface area contributed by atoms with E-state index in [9.17, 15) is 34.1 Å². The lowest BCUT2D eigenvalue weighted by atomic mass is 10.0. The molecule has 0 aromatic carbocycles. The summed E-state index contributed by atoms with van der Waals surface area (Å²) in [6.45, 7) is 2.62. The molecule has 1 amide bonds. The molecular formula is C58H108NO10P. The number of aliphatic hydroxyl groups is 1. The second-order valence-corrected chi connectivity index (χ2v) is 21.3. The molecule has 0 saturated carbocycles. The van der Waals surface area contributed by atoms with Gasteiger partial charge in [-0.1, -0.05) is 237 Å². The van der Waals surface area contributed by atoms with Crippen LogP contribution in [0.5, 0.6) is 0 Å². The van der Waals surface area contributed by atoms with Gasteiger partial charge in [0.25, 0.3) is 0 Å². The molecule has 0 aromatic heterocycles. The van der Waals surface area contributed by atoms with E-state index in [0.717, 1.165) is 44.9 Å². The third-order valence-corrected chi connectivity index (χ3v) is 13.9. The van der Waals surface area contributed by atoms with Gasteiger partial charge in [-0.15, -0.1) is 0 Å². The third-order valence-electron chi connectivity index (χ3n) is 12.9. The minimum absolute atomic E-state index is 0.146. The van der Waals surface area contributed by atoms with Crippen LogP contribution in [0.2, 0.25) is 0 Å². The van der Waals surface area contributed by atoms with E-state index < -0.39 is 57.6 Å². The van der Waals surface area contributed by atoms with Gasteiger partial charge in [-0.05, 0) is 70.6 Å². The molecule has 0 radical (unpaired) electrons. The second kappa shape index (κ2) is 53.0. The molecule has 0 fully saturated rings. The largest absolute Gasteiger partial charge is 0.480 e. The van der Waals surface area contributed by atoms with Crippen LogP contribution in [0.4, 0.5) is 0 Å². The first kappa shape index (κ1) is 67.7. The molecule has 0 aliphatic carbocycles. The molecule has 12 heteroatoms. The molecule has 0 heterocycles. The number of amides is 1. The molecule has 0 bridgehead atoms. The summed E-state index contributed by atoms with van der Waals surface area (Å²) in [4.78, 5) is 46.3. The maximum Gasteiger partial charge on any atom is 0.472 e. The van der Waals surface area contributed by atoms with Crippen LogP contribution in [0, 0.1) is 0 Å². The molecule has 70 heavy (non-hydrogen) atoms. The normalized spacial score (nSPS) is 13.7. The quantitative estimate of drug-likeness (QED) is 0.0199. The fraction of sp³-hybridized carbons (Fsp3) is 0.845. The lowest BCUT2D eigenvalue weighted by molar-refractivity contribution is -0.147. The molecular weight excluding hydrogens is 902 g/mol. The first-order valence-electron chi connectivity index (χ1n) is 29.0. The number of nitrogens with one attached hydrogen (secondary N) is 1. The molecule has 410 valence electrons. The number of carbonyl (C=O) groups excluding carboxylic acids is 2. The smallest absolute Gasteiger partial charge is 0.472 e. The molecule has 4 N–H and O–H groups in total. The van der Waals surface area contributed by atoms with Gasteiger partial charge in [0, 0.05) is 12.8 Å². The molecule has 0 aliphatic heterocycles. The number of rotatable bonds is 55. The second-order valence-electron chi connectivity index (χ2n) is 19.8. The van der Waals surface area contributed by atoms with Crippen LogP contribution in [-0.4, -0.2) is 64.9 Å². The number of esters is 1. The Hall–Kier alpha value is -2.30. The monoisotopic (exact) mass is 1010 g/mol. The highest BCUT2D eigenvalue weighted by molar-refractivity contribution is 7.47. The first-order chi connectivity index (χ1) is 34.1. The van der Waals surface area contributed by atoms with Gasteiger partial charge in [0.1, 0.15) is 12.7 Å². The van der Waals surface area contributed by atoms with E-state index in [1.165, 1.54) is 199 Å². The predicted octanol–water partition coefficient (Wildman–Crippen LogP) is 16.7. The van der Waals surface area contributed by atoms with Gasteiger partial charge in [-0.3, -0.25) is 18.6 Å². The molecule has 0 saturated heterocycles. The number of aliphatic carboxylic acids is 1. The van der Waals surface area contributed by atoms with Crippen molar-refractivity contribution in [3.8, 4) is 0 Å². The Bertz CT molecular complexity index is 1320. The lowest BCUT2D eigenvalue weighted by Crippen LogP contribution is -2.43. The number of ether oxygens (including phenoxy) is 1. The van der Waals surface area contributed by atoms with Crippen LogP contribution < -0.4 is 5.32 Å². The zero-order valence-electron chi connectivity index (χ0n) is 45.1. The van der Waals surface area contributed by atoms with Crippen LogP contribution >= 0.6 is 7.82 Å². The Kier molecular flexibility index (Phi) is 51.3. The highest BCUT2D eigenvalue weighted by Gasteiger charge is 2.28.